The van der Waals surface area contributed by atoms with E-state index >= 15 is 0 Å². The van der Waals surface area contributed by atoms with Crippen molar-refractivity contribution in [3.8, 4) is 0 Å². The molecule has 4 rings (SSSR count). The van der Waals surface area contributed by atoms with Crippen LogP contribution < -0.4 is 5.32 Å². The molecule has 0 radical (unpaired) electrons. The Bertz CT molecular complexity index is 719. The Labute approximate surface area is 130 Å². The highest BCUT2D eigenvalue weighted by Crippen LogP contribution is 2.29. The van der Waals surface area contributed by atoms with Crippen molar-refractivity contribution in [3.05, 3.63) is 35.0 Å². The smallest absolute Gasteiger partial charge is 0.256 e. The molecule has 2 aromatic rings. The first-order valence-corrected chi connectivity index (χ1v) is 8.25. The fourth-order valence-corrected chi connectivity index (χ4v) is 4.04. The monoisotopic (exact) mass is 297 g/mol. The number of H-pyrrole nitrogens is 1. The van der Waals surface area contributed by atoms with Crippen LogP contribution in [0.1, 0.15) is 34.5 Å². The molecular formula is C18H23N3O. The quantitative estimate of drug-likeness (QED) is 0.850. The molecule has 2 saturated heterocycles. The standard InChI is InChI=1S/C18H23N3O/c1-11-12(2)20-17-14(11)6-3-7-15(17)18(22)21-9-13-5-4-8-19-16(13)10-21/h3,6-7,13,16,19-20H,4-5,8-10H2,1-2H3. The van der Waals surface area contributed by atoms with E-state index in [1.807, 2.05) is 17.0 Å². The molecule has 1 amide bonds. The number of nitrogens with zero attached hydrogens (tertiary/aromatic N) is 1. The first-order valence-electron chi connectivity index (χ1n) is 8.25. The van der Waals surface area contributed by atoms with E-state index in [4.69, 9.17) is 0 Å². The molecule has 2 atom stereocenters. The van der Waals surface area contributed by atoms with Crippen LogP contribution in [-0.2, 0) is 0 Å². The normalized spacial score (nSPS) is 24.7. The number of aromatic amines is 1. The van der Waals surface area contributed by atoms with Crippen molar-refractivity contribution < 1.29 is 4.79 Å². The maximum Gasteiger partial charge on any atom is 0.256 e. The van der Waals surface area contributed by atoms with Crippen molar-refractivity contribution in [2.24, 2.45) is 5.92 Å². The Kier molecular flexibility index (Phi) is 3.22. The Morgan fingerprint density at radius 2 is 2.14 bits per heavy atom. The molecule has 2 aliphatic heterocycles. The third-order valence-electron chi connectivity index (χ3n) is 5.46. The minimum absolute atomic E-state index is 0.169. The van der Waals surface area contributed by atoms with E-state index in [2.05, 4.69) is 30.2 Å². The van der Waals surface area contributed by atoms with Gasteiger partial charge in [-0.05, 0) is 50.8 Å². The van der Waals surface area contributed by atoms with Gasteiger partial charge in [-0.25, -0.2) is 0 Å². The van der Waals surface area contributed by atoms with E-state index in [0.717, 1.165) is 41.8 Å². The highest BCUT2D eigenvalue weighted by molar-refractivity contribution is 6.06. The predicted molar refractivity (Wildman–Crippen MR) is 88.2 cm³/mol. The van der Waals surface area contributed by atoms with Crippen molar-refractivity contribution >= 4 is 16.8 Å². The van der Waals surface area contributed by atoms with E-state index in [9.17, 15) is 4.79 Å². The minimum atomic E-state index is 0.169. The second-order valence-corrected chi connectivity index (χ2v) is 6.78. The van der Waals surface area contributed by atoms with Crippen LogP contribution in [0.25, 0.3) is 10.9 Å². The lowest BCUT2D eigenvalue weighted by Crippen LogP contribution is -2.41. The molecule has 4 heteroatoms. The molecule has 1 aromatic heterocycles. The molecule has 2 aliphatic rings. The zero-order valence-electron chi connectivity index (χ0n) is 13.3. The molecule has 0 aliphatic carbocycles. The Balaban J connectivity index is 1.67. The van der Waals surface area contributed by atoms with Gasteiger partial charge in [0.1, 0.15) is 0 Å². The number of carbonyl (C=O) groups is 1. The summed E-state index contributed by atoms with van der Waals surface area (Å²) < 4.78 is 0. The molecule has 22 heavy (non-hydrogen) atoms. The molecule has 2 unspecified atom stereocenters. The van der Waals surface area contributed by atoms with Gasteiger partial charge in [-0.3, -0.25) is 4.79 Å². The second-order valence-electron chi connectivity index (χ2n) is 6.78. The van der Waals surface area contributed by atoms with Gasteiger partial charge in [0.05, 0.1) is 11.1 Å². The molecule has 2 fully saturated rings. The molecular weight excluding hydrogens is 274 g/mol. The summed E-state index contributed by atoms with van der Waals surface area (Å²) in [4.78, 5) is 18.4. The zero-order valence-corrected chi connectivity index (χ0v) is 13.3. The van der Waals surface area contributed by atoms with Crippen molar-refractivity contribution in [3.63, 3.8) is 0 Å². The van der Waals surface area contributed by atoms with Gasteiger partial charge >= 0.3 is 0 Å². The number of para-hydroxylation sites is 1. The van der Waals surface area contributed by atoms with Crippen molar-refractivity contribution in [1.29, 1.82) is 0 Å². The summed E-state index contributed by atoms with van der Waals surface area (Å²) in [6, 6.07) is 6.53. The third kappa shape index (κ3) is 2.05. The van der Waals surface area contributed by atoms with E-state index in [-0.39, 0.29) is 5.91 Å². The summed E-state index contributed by atoms with van der Waals surface area (Å²) in [5.41, 5.74) is 4.19. The summed E-state index contributed by atoms with van der Waals surface area (Å²) in [6.07, 6.45) is 2.47. The molecule has 0 bridgehead atoms. The number of amides is 1. The van der Waals surface area contributed by atoms with Gasteiger partial charge in [-0.2, -0.15) is 0 Å². The number of nitrogens with one attached hydrogen (secondary N) is 2. The SMILES string of the molecule is Cc1[nH]c2c(C(=O)N3CC4CCCNC4C3)cccc2c1C. The number of fused-ring (bicyclic) bond motifs is 2. The van der Waals surface area contributed by atoms with Crippen LogP contribution >= 0.6 is 0 Å². The van der Waals surface area contributed by atoms with Crippen LogP contribution in [0.5, 0.6) is 0 Å². The molecule has 116 valence electrons. The number of aromatic nitrogens is 1. The average molecular weight is 297 g/mol. The van der Waals surface area contributed by atoms with Crippen LogP contribution in [0.4, 0.5) is 0 Å². The molecule has 4 nitrogen and oxygen atoms in total. The first-order chi connectivity index (χ1) is 10.6. The molecule has 0 spiro atoms. The minimum Gasteiger partial charge on any atom is -0.358 e. The van der Waals surface area contributed by atoms with E-state index in [1.165, 1.54) is 18.4 Å². The number of hydrogen-bond acceptors (Lipinski definition) is 2. The van der Waals surface area contributed by atoms with Crippen LogP contribution in [0, 0.1) is 19.8 Å². The molecule has 3 heterocycles. The number of likely N-dealkylation sites (tertiary alicyclic amines) is 1. The van der Waals surface area contributed by atoms with Gasteiger partial charge in [-0.15, -0.1) is 0 Å². The number of aryl methyl sites for hydroxylation is 2. The van der Waals surface area contributed by atoms with E-state index in [0.29, 0.717) is 12.0 Å². The average Bonchev–Trinajstić information content (AvgIpc) is 3.09. The predicted octanol–water partition coefficient (Wildman–Crippen LogP) is 2.61. The number of piperidine rings is 1. The van der Waals surface area contributed by atoms with Gasteiger partial charge in [-0.1, -0.05) is 12.1 Å². The molecule has 0 saturated carbocycles. The Morgan fingerprint density at radius 3 is 2.95 bits per heavy atom. The van der Waals surface area contributed by atoms with E-state index < -0.39 is 0 Å². The molecule has 2 N–H and O–H groups in total. The fourth-order valence-electron chi connectivity index (χ4n) is 4.04. The lowest BCUT2D eigenvalue weighted by Gasteiger charge is -2.24. The van der Waals surface area contributed by atoms with Crippen molar-refractivity contribution in [1.82, 2.24) is 15.2 Å². The highest BCUT2D eigenvalue weighted by atomic mass is 16.2. The highest BCUT2D eigenvalue weighted by Gasteiger charge is 2.37. The largest absolute Gasteiger partial charge is 0.358 e. The van der Waals surface area contributed by atoms with Crippen LogP contribution in [-0.4, -0.2) is 41.5 Å². The third-order valence-corrected chi connectivity index (χ3v) is 5.46. The van der Waals surface area contributed by atoms with Gasteiger partial charge in [0.2, 0.25) is 0 Å². The maximum atomic E-state index is 13.0. The van der Waals surface area contributed by atoms with Crippen LogP contribution in [0.2, 0.25) is 0 Å². The zero-order chi connectivity index (χ0) is 15.3. The number of benzene rings is 1. The fraction of sp³-hybridized carbons (Fsp3) is 0.500. The topological polar surface area (TPSA) is 48.1 Å². The van der Waals surface area contributed by atoms with E-state index in [1.54, 1.807) is 0 Å². The summed E-state index contributed by atoms with van der Waals surface area (Å²) in [5.74, 6) is 0.798. The number of rotatable bonds is 1. The summed E-state index contributed by atoms with van der Waals surface area (Å²) >= 11 is 0. The lowest BCUT2D eigenvalue weighted by molar-refractivity contribution is 0.0787. The number of hydrogen-bond donors (Lipinski definition) is 2. The Hall–Kier alpha value is -1.81. The van der Waals surface area contributed by atoms with Crippen molar-refractivity contribution in [2.45, 2.75) is 32.7 Å². The first kappa shape index (κ1) is 13.8. The summed E-state index contributed by atoms with van der Waals surface area (Å²) in [5, 5.41) is 4.73. The van der Waals surface area contributed by atoms with Gasteiger partial charge in [0.15, 0.2) is 0 Å². The second kappa shape index (κ2) is 5.13. The maximum absolute atomic E-state index is 13.0. The summed E-state index contributed by atoms with van der Waals surface area (Å²) in [7, 11) is 0. The Morgan fingerprint density at radius 1 is 1.27 bits per heavy atom. The number of carbonyl (C=O) groups excluding carboxylic acids is 1. The summed E-state index contributed by atoms with van der Waals surface area (Å²) in [6.45, 7) is 7.01. The van der Waals surface area contributed by atoms with Gasteiger partial charge in [0.25, 0.3) is 5.91 Å². The van der Waals surface area contributed by atoms with Gasteiger partial charge < -0.3 is 15.2 Å². The molecule has 1 aromatic carbocycles. The van der Waals surface area contributed by atoms with Crippen molar-refractivity contribution in [2.75, 3.05) is 19.6 Å². The van der Waals surface area contributed by atoms with Gasteiger partial charge in [0, 0.05) is 30.2 Å². The van der Waals surface area contributed by atoms with Crippen LogP contribution in [0.3, 0.4) is 0 Å². The van der Waals surface area contributed by atoms with Crippen LogP contribution in [0.15, 0.2) is 18.2 Å². The lowest BCUT2D eigenvalue weighted by atomic mass is 9.94.